The SMILES string of the molecule is COCC(CCCN)Nc1cccc(-n2cnnn2)c1. The molecular formula is C13H20N6O. The summed E-state index contributed by atoms with van der Waals surface area (Å²) >= 11 is 0. The Hall–Kier alpha value is -1.99. The van der Waals surface area contributed by atoms with Gasteiger partial charge in [-0.2, -0.15) is 0 Å². The van der Waals surface area contributed by atoms with Gasteiger partial charge in [0.05, 0.1) is 12.3 Å². The lowest BCUT2D eigenvalue weighted by molar-refractivity contribution is 0.182. The molecule has 0 aliphatic carbocycles. The number of anilines is 1. The van der Waals surface area contributed by atoms with Gasteiger partial charge in [-0.3, -0.25) is 0 Å². The normalized spacial score (nSPS) is 12.3. The zero-order valence-electron chi connectivity index (χ0n) is 11.6. The Morgan fingerprint density at radius 1 is 1.45 bits per heavy atom. The zero-order valence-corrected chi connectivity index (χ0v) is 11.6. The summed E-state index contributed by atoms with van der Waals surface area (Å²) in [6, 6.07) is 8.17. The average Bonchev–Trinajstić information content (AvgIpc) is 2.99. The number of methoxy groups -OCH3 is 1. The van der Waals surface area contributed by atoms with Crippen LogP contribution in [0.15, 0.2) is 30.6 Å². The van der Waals surface area contributed by atoms with Gasteiger partial charge in [0.15, 0.2) is 0 Å². The molecule has 1 aromatic heterocycles. The van der Waals surface area contributed by atoms with Gasteiger partial charge in [0.25, 0.3) is 0 Å². The van der Waals surface area contributed by atoms with Crippen molar-refractivity contribution in [2.75, 3.05) is 25.6 Å². The van der Waals surface area contributed by atoms with E-state index in [1.54, 1.807) is 18.1 Å². The molecule has 7 heteroatoms. The number of benzene rings is 1. The highest BCUT2D eigenvalue weighted by Crippen LogP contribution is 2.15. The van der Waals surface area contributed by atoms with E-state index < -0.39 is 0 Å². The predicted octanol–water partition coefficient (Wildman–Crippen LogP) is 0.828. The molecule has 0 fully saturated rings. The first kappa shape index (κ1) is 14.4. The van der Waals surface area contributed by atoms with Gasteiger partial charge in [0.1, 0.15) is 6.33 Å². The highest BCUT2D eigenvalue weighted by molar-refractivity contribution is 5.51. The van der Waals surface area contributed by atoms with Crippen LogP contribution in [0.2, 0.25) is 0 Å². The molecule has 1 heterocycles. The number of nitrogens with two attached hydrogens (primary N) is 1. The van der Waals surface area contributed by atoms with Crippen molar-refractivity contribution in [2.45, 2.75) is 18.9 Å². The van der Waals surface area contributed by atoms with Crippen molar-refractivity contribution in [1.29, 1.82) is 0 Å². The number of tetrazole rings is 1. The maximum atomic E-state index is 5.56. The van der Waals surface area contributed by atoms with Crippen LogP contribution < -0.4 is 11.1 Å². The molecule has 20 heavy (non-hydrogen) atoms. The summed E-state index contributed by atoms with van der Waals surface area (Å²) in [5.41, 5.74) is 7.48. The lowest BCUT2D eigenvalue weighted by atomic mass is 10.1. The fourth-order valence-corrected chi connectivity index (χ4v) is 2.02. The lowest BCUT2D eigenvalue weighted by Gasteiger charge is -2.19. The minimum absolute atomic E-state index is 0.243. The van der Waals surface area contributed by atoms with Crippen molar-refractivity contribution in [1.82, 2.24) is 20.2 Å². The van der Waals surface area contributed by atoms with Gasteiger partial charge in [-0.25, -0.2) is 4.68 Å². The van der Waals surface area contributed by atoms with Crippen molar-refractivity contribution in [3.05, 3.63) is 30.6 Å². The highest BCUT2D eigenvalue weighted by atomic mass is 16.5. The second kappa shape index (κ2) is 7.56. The van der Waals surface area contributed by atoms with Gasteiger partial charge < -0.3 is 15.8 Å². The number of nitrogens with one attached hydrogen (secondary N) is 1. The molecule has 108 valence electrons. The summed E-state index contributed by atoms with van der Waals surface area (Å²) in [6.45, 7) is 1.33. The fourth-order valence-electron chi connectivity index (χ4n) is 2.02. The lowest BCUT2D eigenvalue weighted by Crippen LogP contribution is -2.25. The monoisotopic (exact) mass is 276 g/mol. The molecule has 1 aromatic carbocycles. The van der Waals surface area contributed by atoms with E-state index in [4.69, 9.17) is 10.5 Å². The Morgan fingerprint density at radius 2 is 2.35 bits per heavy atom. The summed E-state index contributed by atoms with van der Waals surface area (Å²) in [5, 5.41) is 14.6. The largest absolute Gasteiger partial charge is 0.383 e. The van der Waals surface area contributed by atoms with Crippen molar-refractivity contribution >= 4 is 5.69 Å². The molecule has 0 aliphatic rings. The van der Waals surface area contributed by atoms with E-state index in [0.717, 1.165) is 24.2 Å². The molecule has 0 saturated heterocycles. The van der Waals surface area contributed by atoms with E-state index in [0.29, 0.717) is 13.2 Å². The van der Waals surface area contributed by atoms with Crippen LogP contribution in [-0.2, 0) is 4.74 Å². The predicted molar refractivity (Wildman–Crippen MR) is 76.7 cm³/mol. The van der Waals surface area contributed by atoms with Gasteiger partial charge in [-0.05, 0) is 48.0 Å². The number of nitrogens with zero attached hydrogens (tertiary/aromatic N) is 4. The summed E-state index contributed by atoms with van der Waals surface area (Å²) in [6.07, 6.45) is 3.51. The Kier molecular flexibility index (Phi) is 5.45. The van der Waals surface area contributed by atoms with Gasteiger partial charge in [-0.15, -0.1) is 5.10 Å². The fraction of sp³-hybridized carbons (Fsp3) is 0.462. The summed E-state index contributed by atoms with van der Waals surface area (Å²) in [5.74, 6) is 0. The van der Waals surface area contributed by atoms with Gasteiger partial charge >= 0.3 is 0 Å². The van der Waals surface area contributed by atoms with E-state index >= 15 is 0 Å². The Labute approximate surface area is 118 Å². The maximum absolute atomic E-state index is 5.56. The topological polar surface area (TPSA) is 90.9 Å². The number of aromatic nitrogens is 4. The number of ether oxygens (including phenoxy) is 1. The molecule has 0 spiro atoms. The summed E-state index contributed by atoms with van der Waals surface area (Å²) in [7, 11) is 1.70. The Bertz CT molecular complexity index is 501. The van der Waals surface area contributed by atoms with Crippen molar-refractivity contribution in [2.24, 2.45) is 5.73 Å². The second-order valence-electron chi connectivity index (χ2n) is 4.53. The van der Waals surface area contributed by atoms with Crippen LogP contribution in [0.5, 0.6) is 0 Å². The summed E-state index contributed by atoms with van der Waals surface area (Å²) in [4.78, 5) is 0. The highest BCUT2D eigenvalue weighted by Gasteiger charge is 2.08. The van der Waals surface area contributed by atoms with E-state index in [9.17, 15) is 0 Å². The molecule has 0 radical (unpaired) electrons. The van der Waals surface area contributed by atoms with Crippen LogP contribution in [0.3, 0.4) is 0 Å². The van der Waals surface area contributed by atoms with Crippen molar-refractivity contribution in [3.8, 4) is 5.69 Å². The molecule has 3 N–H and O–H groups in total. The van der Waals surface area contributed by atoms with E-state index in [1.807, 2.05) is 24.3 Å². The van der Waals surface area contributed by atoms with E-state index in [1.165, 1.54) is 0 Å². The van der Waals surface area contributed by atoms with Crippen LogP contribution >= 0.6 is 0 Å². The van der Waals surface area contributed by atoms with Crippen LogP contribution in [0, 0.1) is 0 Å². The molecule has 7 nitrogen and oxygen atoms in total. The molecule has 1 unspecified atom stereocenters. The molecule has 0 aliphatic heterocycles. The maximum Gasteiger partial charge on any atom is 0.143 e. The van der Waals surface area contributed by atoms with Gasteiger partial charge in [-0.1, -0.05) is 6.07 Å². The molecule has 0 bridgehead atoms. The third kappa shape index (κ3) is 4.01. The van der Waals surface area contributed by atoms with Crippen LogP contribution in [0.1, 0.15) is 12.8 Å². The Balaban J connectivity index is 2.05. The number of hydrogen-bond acceptors (Lipinski definition) is 6. The van der Waals surface area contributed by atoms with Gasteiger partial charge in [0.2, 0.25) is 0 Å². The van der Waals surface area contributed by atoms with Crippen LogP contribution in [0.25, 0.3) is 5.69 Å². The molecule has 1 atom stereocenters. The van der Waals surface area contributed by atoms with E-state index in [2.05, 4.69) is 20.8 Å². The van der Waals surface area contributed by atoms with Crippen molar-refractivity contribution < 1.29 is 4.74 Å². The van der Waals surface area contributed by atoms with Crippen LogP contribution in [-0.4, -0.2) is 46.5 Å². The molecule has 0 amide bonds. The second-order valence-corrected chi connectivity index (χ2v) is 4.53. The minimum Gasteiger partial charge on any atom is -0.383 e. The van der Waals surface area contributed by atoms with Crippen LogP contribution in [0.4, 0.5) is 5.69 Å². The zero-order chi connectivity index (χ0) is 14.2. The minimum atomic E-state index is 0.243. The smallest absolute Gasteiger partial charge is 0.143 e. The standard InChI is InChI=1S/C13H20N6O/c1-20-9-12(5-3-7-14)16-11-4-2-6-13(8-11)19-10-15-17-18-19/h2,4,6,8,10,12,16H,3,5,7,9,14H2,1H3. The molecule has 2 rings (SSSR count). The molecule has 2 aromatic rings. The quantitative estimate of drug-likeness (QED) is 0.742. The van der Waals surface area contributed by atoms with Crippen molar-refractivity contribution in [3.63, 3.8) is 0 Å². The molecular weight excluding hydrogens is 256 g/mol. The van der Waals surface area contributed by atoms with E-state index in [-0.39, 0.29) is 6.04 Å². The number of hydrogen-bond donors (Lipinski definition) is 2. The Morgan fingerprint density at radius 3 is 3.05 bits per heavy atom. The van der Waals surface area contributed by atoms with Gasteiger partial charge in [0, 0.05) is 18.8 Å². The third-order valence-corrected chi connectivity index (χ3v) is 2.96. The summed E-state index contributed by atoms with van der Waals surface area (Å²) < 4.78 is 6.86. The molecule has 0 saturated carbocycles. The first-order valence-electron chi connectivity index (χ1n) is 6.62. The average molecular weight is 276 g/mol. The first-order chi connectivity index (χ1) is 9.83. The third-order valence-electron chi connectivity index (χ3n) is 2.96. The number of rotatable bonds is 8. The first-order valence-corrected chi connectivity index (χ1v) is 6.62.